The standard InChI is InChI=1S/C43H59N9O5Si/c1-7-14-33(19-26-57-58(43(3,4)5,34-15-10-8-11-16-34)35-17-12-9-13-18-35)45-40-39-38(46-41(47-40)48-42(54)55)31(2)49-52(39)30-36-37(56-6)27-32(28-44-36)29-51-22-20-50(21-23-51)24-25-53/h8-13,15-18,27-28,33,53H,7,14,19-26,29-30H2,1-6H3,(H,54,55)(H2,45,46,47,48)/t33-/m0/s1. The molecule has 1 saturated heterocycles. The van der Waals surface area contributed by atoms with Gasteiger partial charge in [-0.2, -0.15) is 10.1 Å². The molecule has 5 aromatic rings. The van der Waals surface area contributed by atoms with Crippen LogP contribution in [0.2, 0.25) is 5.04 Å². The van der Waals surface area contributed by atoms with Crippen molar-refractivity contribution in [3.8, 4) is 5.75 Å². The zero-order valence-electron chi connectivity index (χ0n) is 34.7. The number of amides is 1. The molecule has 310 valence electrons. The van der Waals surface area contributed by atoms with E-state index in [-0.39, 0.29) is 30.2 Å². The van der Waals surface area contributed by atoms with Crippen LogP contribution in [0.1, 0.15) is 63.9 Å². The summed E-state index contributed by atoms with van der Waals surface area (Å²) < 4.78 is 15.0. The number of methoxy groups -OCH3 is 1. The average Bonchev–Trinajstić information content (AvgIpc) is 3.52. The SMILES string of the molecule is CCC[C@@H](CCO[Si](c1ccccc1)(c1ccccc1)C(C)(C)C)Nc1nc(NC(=O)O)nc2c(C)nn(Cc3ncc(CN4CCN(CCO)CC4)cc3OC)c12. The number of nitrogens with zero attached hydrogens (tertiary/aromatic N) is 7. The topological polar surface area (TPSA) is 163 Å². The molecule has 1 amide bonds. The third kappa shape index (κ3) is 9.84. The quantitative estimate of drug-likeness (QED) is 0.0843. The first-order valence-electron chi connectivity index (χ1n) is 20.3. The predicted octanol–water partition coefficient (Wildman–Crippen LogP) is 5.33. The first-order valence-corrected chi connectivity index (χ1v) is 22.2. The van der Waals surface area contributed by atoms with Gasteiger partial charge in [-0.05, 0) is 46.8 Å². The molecule has 4 N–H and O–H groups in total. The van der Waals surface area contributed by atoms with E-state index in [1.807, 2.05) is 36.0 Å². The van der Waals surface area contributed by atoms with Crippen LogP contribution >= 0.6 is 0 Å². The number of carbonyl (C=O) groups is 1. The number of aliphatic hydroxyl groups excluding tert-OH is 1. The van der Waals surface area contributed by atoms with E-state index in [2.05, 4.69) is 102 Å². The second-order valence-corrected chi connectivity index (χ2v) is 20.3. The molecule has 1 aliphatic heterocycles. The lowest BCUT2D eigenvalue weighted by molar-refractivity contribution is 0.108. The molecule has 4 heterocycles. The van der Waals surface area contributed by atoms with Gasteiger partial charge in [0.25, 0.3) is 8.32 Å². The van der Waals surface area contributed by atoms with Gasteiger partial charge in [-0.1, -0.05) is 94.8 Å². The van der Waals surface area contributed by atoms with Gasteiger partial charge in [-0.15, -0.1) is 0 Å². The van der Waals surface area contributed by atoms with E-state index in [1.54, 1.807) is 7.11 Å². The minimum atomic E-state index is -2.76. The van der Waals surface area contributed by atoms with Crippen LogP contribution in [0.4, 0.5) is 16.6 Å². The number of β-amino-alcohol motifs (C(OH)–C–C–N with tert-alkyl or cyclic N) is 1. The molecule has 0 radical (unpaired) electrons. The molecular formula is C43H59N9O5Si. The van der Waals surface area contributed by atoms with Gasteiger partial charge < -0.3 is 24.7 Å². The summed E-state index contributed by atoms with van der Waals surface area (Å²) in [6, 6.07) is 23.2. The first kappa shape index (κ1) is 42.7. The van der Waals surface area contributed by atoms with Gasteiger partial charge in [-0.25, -0.2) is 9.78 Å². The van der Waals surface area contributed by atoms with Gasteiger partial charge in [0.15, 0.2) is 5.82 Å². The van der Waals surface area contributed by atoms with Crippen LogP contribution in [0.25, 0.3) is 11.0 Å². The number of fused-ring (bicyclic) bond motifs is 1. The van der Waals surface area contributed by atoms with Crippen molar-refractivity contribution in [2.75, 3.05) is 63.7 Å². The Hall–Kier alpha value is -4.93. The van der Waals surface area contributed by atoms with Crippen molar-refractivity contribution in [1.82, 2.24) is 34.5 Å². The Morgan fingerprint density at radius 2 is 1.60 bits per heavy atom. The largest absolute Gasteiger partial charge is 0.495 e. The summed E-state index contributed by atoms with van der Waals surface area (Å²) in [5.41, 5.74) is 3.57. The normalized spacial score (nSPS) is 14.7. The third-order valence-corrected chi connectivity index (χ3v) is 16.0. The molecule has 0 bridgehead atoms. The highest BCUT2D eigenvalue weighted by Crippen LogP contribution is 2.37. The number of ether oxygens (including phenoxy) is 1. The summed E-state index contributed by atoms with van der Waals surface area (Å²) in [4.78, 5) is 30.7. The highest BCUT2D eigenvalue weighted by Gasteiger charge is 2.50. The van der Waals surface area contributed by atoms with E-state index in [9.17, 15) is 15.0 Å². The maximum absolute atomic E-state index is 11.8. The zero-order chi connectivity index (χ0) is 41.3. The van der Waals surface area contributed by atoms with Crippen LogP contribution in [0.15, 0.2) is 72.9 Å². The van der Waals surface area contributed by atoms with Crippen molar-refractivity contribution < 1.29 is 24.2 Å². The Labute approximate surface area is 342 Å². The molecule has 1 atom stereocenters. The minimum Gasteiger partial charge on any atom is -0.495 e. The average molecular weight is 810 g/mol. The Morgan fingerprint density at radius 3 is 2.19 bits per heavy atom. The lowest BCUT2D eigenvalue weighted by Crippen LogP contribution is -2.66. The fraction of sp³-hybridized carbons (Fsp3) is 0.465. The second kappa shape index (κ2) is 19.2. The van der Waals surface area contributed by atoms with Gasteiger partial charge in [0.2, 0.25) is 5.95 Å². The highest BCUT2D eigenvalue weighted by molar-refractivity contribution is 6.99. The summed E-state index contributed by atoms with van der Waals surface area (Å²) in [6.45, 7) is 16.9. The Kier molecular flexibility index (Phi) is 14.1. The predicted molar refractivity (Wildman–Crippen MR) is 231 cm³/mol. The van der Waals surface area contributed by atoms with E-state index in [0.717, 1.165) is 51.1 Å². The molecule has 3 aromatic heterocycles. The number of nitrogens with one attached hydrogen (secondary N) is 2. The lowest BCUT2D eigenvalue weighted by Gasteiger charge is -2.43. The van der Waals surface area contributed by atoms with Crippen molar-refractivity contribution in [3.05, 3.63) is 89.9 Å². The zero-order valence-corrected chi connectivity index (χ0v) is 35.7. The summed E-state index contributed by atoms with van der Waals surface area (Å²) in [7, 11) is -1.11. The van der Waals surface area contributed by atoms with Crippen LogP contribution in [0.3, 0.4) is 0 Å². The molecule has 1 fully saturated rings. The first-order chi connectivity index (χ1) is 27.9. The Bertz CT molecular complexity index is 2070. The fourth-order valence-corrected chi connectivity index (χ4v) is 12.7. The van der Waals surface area contributed by atoms with Crippen molar-refractivity contribution in [3.63, 3.8) is 0 Å². The maximum Gasteiger partial charge on any atom is 0.411 e. The summed E-state index contributed by atoms with van der Waals surface area (Å²) in [5.74, 6) is 1.11. The van der Waals surface area contributed by atoms with Crippen molar-refractivity contribution in [2.24, 2.45) is 0 Å². The smallest absolute Gasteiger partial charge is 0.411 e. The van der Waals surface area contributed by atoms with Gasteiger partial charge in [0.1, 0.15) is 22.5 Å². The Morgan fingerprint density at radius 1 is 0.948 bits per heavy atom. The number of benzene rings is 2. The molecule has 2 aromatic carbocycles. The number of aryl methyl sites for hydroxylation is 1. The van der Waals surface area contributed by atoms with Gasteiger partial charge in [0, 0.05) is 58.1 Å². The lowest BCUT2D eigenvalue weighted by atomic mass is 10.1. The number of piperazine rings is 1. The molecule has 58 heavy (non-hydrogen) atoms. The van der Waals surface area contributed by atoms with E-state index in [1.165, 1.54) is 10.4 Å². The number of anilines is 2. The van der Waals surface area contributed by atoms with Crippen LogP contribution in [-0.2, 0) is 17.5 Å². The van der Waals surface area contributed by atoms with Gasteiger partial charge >= 0.3 is 6.09 Å². The molecule has 14 nitrogen and oxygen atoms in total. The van der Waals surface area contributed by atoms with E-state index >= 15 is 0 Å². The maximum atomic E-state index is 11.8. The van der Waals surface area contributed by atoms with Crippen molar-refractivity contribution >= 4 is 47.6 Å². The molecule has 0 aliphatic carbocycles. The molecule has 0 saturated carbocycles. The summed E-state index contributed by atoms with van der Waals surface area (Å²) >= 11 is 0. The second-order valence-electron chi connectivity index (χ2n) is 16.0. The van der Waals surface area contributed by atoms with Gasteiger partial charge in [-0.3, -0.25) is 24.8 Å². The van der Waals surface area contributed by atoms with Crippen molar-refractivity contribution in [2.45, 2.75) is 78.1 Å². The number of hydrogen-bond donors (Lipinski definition) is 4. The Balaban J connectivity index is 1.28. The fourth-order valence-electron chi connectivity index (χ4n) is 8.15. The van der Waals surface area contributed by atoms with Crippen LogP contribution < -0.4 is 25.7 Å². The molecule has 15 heteroatoms. The number of aromatic nitrogens is 5. The van der Waals surface area contributed by atoms with E-state index in [0.29, 0.717) is 53.6 Å². The minimum absolute atomic E-state index is 0.0267. The number of aliphatic hydroxyl groups is 1. The third-order valence-electron chi connectivity index (χ3n) is 10.9. The molecular weight excluding hydrogens is 751 g/mol. The number of pyridine rings is 1. The van der Waals surface area contributed by atoms with Crippen molar-refractivity contribution in [1.29, 1.82) is 0 Å². The van der Waals surface area contributed by atoms with E-state index in [4.69, 9.17) is 24.2 Å². The molecule has 0 unspecified atom stereocenters. The number of rotatable bonds is 18. The number of carboxylic acid groups (broad SMARTS) is 1. The van der Waals surface area contributed by atoms with Crippen LogP contribution in [-0.4, -0.2) is 118 Å². The van der Waals surface area contributed by atoms with Crippen LogP contribution in [0.5, 0.6) is 5.75 Å². The molecule has 0 spiro atoms. The number of hydrogen-bond acceptors (Lipinski definition) is 11. The summed E-state index contributed by atoms with van der Waals surface area (Å²) in [6.07, 6.45) is 3.07. The highest BCUT2D eigenvalue weighted by atomic mass is 28.4. The molecule has 6 rings (SSSR count). The summed E-state index contributed by atoms with van der Waals surface area (Å²) in [5, 5.41) is 32.2. The van der Waals surface area contributed by atoms with Crippen LogP contribution in [0, 0.1) is 6.92 Å². The molecule has 1 aliphatic rings. The van der Waals surface area contributed by atoms with E-state index < -0.39 is 14.4 Å². The monoisotopic (exact) mass is 809 g/mol. The van der Waals surface area contributed by atoms with Gasteiger partial charge in [0.05, 0.1) is 26.0 Å².